The van der Waals surface area contributed by atoms with Crippen LogP contribution in [0.2, 0.25) is 0 Å². The maximum atomic E-state index is 13.1. The number of Topliss-reactive ketones (excluding diaryl/α,β-unsaturated/α-hetero) is 1. The van der Waals surface area contributed by atoms with E-state index in [2.05, 4.69) is 9.88 Å². The summed E-state index contributed by atoms with van der Waals surface area (Å²) in [4.78, 5) is 19.3. The molecule has 0 saturated heterocycles. The van der Waals surface area contributed by atoms with Gasteiger partial charge in [0.1, 0.15) is 18.2 Å². The average molecular weight is 398 g/mol. The van der Waals surface area contributed by atoms with Crippen molar-refractivity contribution in [2.45, 2.75) is 26.9 Å². The molecule has 2 aliphatic heterocycles. The minimum absolute atomic E-state index is 0.0721. The van der Waals surface area contributed by atoms with Crippen LogP contribution in [0.3, 0.4) is 0 Å². The van der Waals surface area contributed by atoms with E-state index in [1.807, 2.05) is 62.4 Å². The fourth-order valence-electron chi connectivity index (χ4n) is 3.94. The number of rotatable bonds is 3. The Bertz CT molecular complexity index is 1150. The molecule has 3 heterocycles. The van der Waals surface area contributed by atoms with Crippen molar-refractivity contribution in [1.29, 1.82) is 0 Å². The number of carbonyl (C=O) groups is 1. The van der Waals surface area contributed by atoms with Crippen LogP contribution in [0.15, 0.2) is 60.6 Å². The quantitative estimate of drug-likeness (QED) is 0.600. The van der Waals surface area contributed by atoms with Crippen molar-refractivity contribution >= 4 is 11.9 Å². The van der Waals surface area contributed by atoms with Gasteiger partial charge in [0.2, 0.25) is 5.78 Å². The van der Waals surface area contributed by atoms with E-state index in [-0.39, 0.29) is 5.78 Å². The zero-order valence-electron chi connectivity index (χ0n) is 17.0. The van der Waals surface area contributed by atoms with E-state index in [9.17, 15) is 4.79 Å². The van der Waals surface area contributed by atoms with E-state index in [0.717, 1.165) is 34.5 Å². The maximum absolute atomic E-state index is 13.1. The molecule has 30 heavy (non-hydrogen) atoms. The Kier molecular flexibility index (Phi) is 4.60. The van der Waals surface area contributed by atoms with Crippen LogP contribution in [-0.2, 0) is 13.1 Å². The highest BCUT2D eigenvalue weighted by molar-refractivity contribution is 6.15. The lowest BCUT2D eigenvalue weighted by molar-refractivity contribution is 0.0872. The van der Waals surface area contributed by atoms with Crippen LogP contribution in [0.4, 0.5) is 0 Å². The van der Waals surface area contributed by atoms with Gasteiger partial charge in [0.05, 0.1) is 11.1 Å². The van der Waals surface area contributed by atoms with Crippen molar-refractivity contribution in [3.63, 3.8) is 0 Å². The molecule has 150 valence electrons. The van der Waals surface area contributed by atoms with Crippen molar-refractivity contribution in [3.05, 3.63) is 94.0 Å². The summed E-state index contributed by atoms with van der Waals surface area (Å²) >= 11 is 0. The largest absolute Gasteiger partial charge is 0.478 e. The summed E-state index contributed by atoms with van der Waals surface area (Å²) in [6, 6.07) is 14.0. The topological polar surface area (TPSA) is 51.7 Å². The molecule has 0 amide bonds. The lowest BCUT2D eigenvalue weighted by Crippen LogP contribution is -2.31. The van der Waals surface area contributed by atoms with Gasteiger partial charge in [0, 0.05) is 25.5 Å². The van der Waals surface area contributed by atoms with Crippen molar-refractivity contribution < 1.29 is 14.3 Å². The Morgan fingerprint density at radius 1 is 1.10 bits per heavy atom. The third kappa shape index (κ3) is 3.37. The molecule has 1 aromatic heterocycles. The Morgan fingerprint density at radius 2 is 1.87 bits per heavy atom. The van der Waals surface area contributed by atoms with Crippen LogP contribution in [-0.4, -0.2) is 22.4 Å². The first kappa shape index (κ1) is 18.6. The van der Waals surface area contributed by atoms with E-state index in [0.29, 0.717) is 30.3 Å². The average Bonchev–Trinajstić information content (AvgIpc) is 3.08. The Hall–Kier alpha value is -3.44. The molecule has 0 aliphatic carbocycles. The SMILES string of the molecule is Cc1ccc(/C=C2\Oc3c4c(cc(C)c3C2=O)OCN(Cc2ccncc2)C4)cc1. The van der Waals surface area contributed by atoms with Crippen LogP contribution in [0, 0.1) is 13.8 Å². The fraction of sp³-hybridized carbons (Fsp3) is 0.200. The highest BCUT2D eigenvalue weighted by atomic mass is 16.5. The third-order valence-corrected chi connectivity index (χ3v) is 5.52. The van der Waals surface area contributed by atoms with Crippen molar-refractivity contribution in [2.24, 2.45) is 0 Å². The smallest absolute Gasteiger partial charge is 0.232 e. The minimum Gasteiger partial charge on any atom is -0.478 e. The molecule has 5 rings (SSSR count). The number of ketones is 1. The van der Waals surface area contributed by atoms with Crippen molar-refractivity contribution in [3.8, 4) is 11.5 Å². The highest BCUT2D eigenvalue weighted by Gasteiger charge is 2.35. The first-order valence-corrected chi connectivity index (χ1v) is 10.00. The predicted molar refractivity (Wildman–Crippen MR) is 114 cm³/mol. The van der Waals surface area contributed by atoms with Gasteiger partial charge in [-0.2, -0.15) is 0 Å². The molecule has 2 aromatic carbocycles. The van der Waals surface area contributed by atoms with Crippen LogP contribution in [0.1, 0.15) is 38.2 Å². The number of hydrogen-bond acceptors (Lipinski definition) is 5. The molecular weight excluding hydrogens is 376 g/mol. The number of benzene rings is 2. The Morgan fingerprint density at radius 3 is 2.63 bits per heavy atom. The van der Waals surface area contributed by atoms with Gasteiger partial charge in [0.15, 0.2) is 5.76 Å². The van der Waals surface area contributed by atoms with E-state index in [1.165, 1.54) is 5.56 Å². The third-order valence-electron chi connectivity index (χ3n) is 5.52. The van der Waals surface area contributed by atoms with Crippen molar-refractivity contribution in [1.82, 2.24) is 9.88 Å². The van der Waals surface area contributed by atoms with E-state index >= 15 is 0 Å². The first-order valence-electron chi connectivity index (χ1n) is 10.00. The summed E-state index contributed by atoms with van der Waals surface area (Å²) in [6.07, 6.45) is 5.39. The number of aromatic nitrogens is 1. The minimum atomic E-state index is -0.0721. The molecule has 0 bridgehead atoms. The van der Waals surface area contributed by atoms with Gasteiger partial charge in [-0.25, -0.2) is 0 Å². The van der Waals surface area contributed by atoms with E-state index in [1.54, 1.807) is 12.4 Å². The van der Waals surface area contributed by atoms with Crippen LogP contribution in [0.25, 0.3) is 6.08 Å². The lowest BCUT2D eigenvalue weighted by atomic mass is 9.98. The van der Waals surface area contributed by atoms with Gasteiger partial charge >= 0.3 is 0 Å². The van der Waals surface area contributed by atoms with Crippen LogP contribution in [0.5, 0.6) is 11.5 Å². The normalized spacial score (nSPS) is 16.7. The van der Waals surface area contributed by atoms with Gasteiger partial charge < -0.3 is 9.47 Å². The molecule has 0 saturated carbocycles. The molecule has 0 N–H and O–H groups in total. The van der Waals surface area contributed by atoms with Gasteiger partial charge in [-0.3, -0.25) is 14.7 Å². The van der Waals surface area contributed by atoms with Gasteiger partial charge in [0.25, 0.3) is 0 Å². The molecule has 0 fully saturated rings. The predicted octanol–water partition coefficient (Wildman–Crippen LogP) is 4.67. The molecule has 0 radical (unpaired) electrons. The molecule has 0 unspecified atom stereocenters. The summed E-state index contributed by atoms with van der Waals surface area (Å²) in [5, 5.41) is 0. The molecule has 0 spiro atoms. The summed E-state index contributed by atoms with van der Waals surface area (Å²) in [5.74, 6) is 1.71. The van der Waals surface area contributed by atoms with Crippen molar-refractivity contribution in [2.75, 3.05) is 6.73 Å². The summed E-state index contributed by atoms with van der Waals surface area (Å²) < 4.78 is 12.1. The molecule has 5 heteroatoms. The standard InChI is InChI=1S/C25H22N2O3/c1-16-3-5-18(6-4-16)12-22-24(28)23-17(2)11-21-20(25(23)30-22)14-27(15-29-21)13-19-7-9-26-10-8-19/h3-12H,13-15H2,1-2H3/b22-12-. The molecule has 5 nitrogen and oxygen atoms in total. The van der Waals surface area contributed by atoms with Gasteiger partial charge in [-0.05, 0) is 54.8 Å². The number of carbonyl (C=O) groups excluding carboxylic acids is 1. The zero-order valence-corrected chi connectivity index (χ0v) is 17.0. The Balaban J connectivity index is 1.47. The first-order chi connectivity index (χ1) is 14.6. The second-order valence-electron chi connectivity index (χ2n) is 7.84. The highest BCUT2D eigenvalue weighted by Crippen LogP contribution is 2.44. The number of aryl methyl sites for hydroxylation is 2. The second kappa shape index (κ2) is 7.43. The number of hydrogen-bond donors (Lipinski definition) is 0. The lowest BCUT2D eigenvalue weighted by Gasteiger charge is -2.30. The van der Waals surface area contributed by atoms with Gasteiger partial charge in [-0.1, -0.05) is 29.8 Å². The van der Waals surface area contributed by atoms with Gasteiger partial charge in [-0.15, -0.1) is 0 Å². The monoisotopic (exact) mass is 398 g/mol. The summed E-state index contributed by atoms with van der Waals surface area (Å²) in [5.41, 5.74) is 5.73. The molecule has 0 atom stereocenters. The zero-order chi connectivity index (χ0) is 20.7. The molecule has 3 aromatic rings. The fourth-order valence-corrected chi connectivity index (χ4v) is 3.94. The maximum Gasteiger partial charge on any atom is 0.232 e. The number of ether oxygens (including phenoxy) is 2. The number of fused-ring (bicyclic) bond motifs is 3. The van der Waals surface area contributed by atoms with Crippen LogP contribution < -0.4 is 9.47 Å². The summed E-state index contributed by atoms with van der Waals surface area (Å²) in [6.45, 7) is 5.86. The summed E-state index contributed by atoms with van der Waals surface area (Å²) in [7, 11) is 0. The van der Waals surface area contributed by atoms with E-state index in [4.69, 9.17) is 9.47 Å². The second-order valence-corrected chi connectivity index (χ2v) is 7.84. The van der Waals surface area contributed by atoms with E-state index < -0.39 is 0 Å². The number of nitrogens with zero attached hydrogens (tertiary/aromatic N) is 2. The molecule has 2 aliphatic rings. The number of pyridine rings is 1. The number of allylic oxidation sites excluding steroid dienone is 1. The molecular formula is C25H22N2O3. The Labute approximate surface area is 175 Å². The van der Waals surface area contributed by atoms with Crippen LogP contribution >= 0.6 is 0 Å².